The Labute approximate surface area is 253 Å². The van der Waals surface area contributed by atoms with Crippen molar-refractivity contribution in [2.24, 2.45) is 47.3 Å². The fraction of sp³-hybridized carbons (Fsp3) is 1.00. The molecule has 6 saturated heterocycles. The highest BCUT2D eigenvalue weighted by atomic mass is 17.2. The summed E-state index contributed by atoms with van der Waals surface area (Å²) >= 11 is 0. The monoisotopic (exact) mass is 588 g/mol. The van der Waals surface area contributed by atoms with Crippen LogP contribution in [0.25, 0.3) is 0 Å². The van der Waals surface area contributed by atoms with E-state index in [2.05, 4.69) is 41.5 Å². The summed E-state index contributed by atoms with van der Waals surface area (Å²) in [5, 5.41) is 0. The summed E-state index contributed by atoms with van der Waals surface area (Å²) in [6, 6.07) is 0. The predicted octanol–water partition coefficient (Wildman–Crippen LogP) is 6.81. The summed E-state index contributed by atoms with van der Waals surface area (Å²) in [4.78, 5) is 25.6. The van der Waals surface area contributed by atoms with Crippen molar-refractivity contribution in [3.05, 3.63) is 0 Å². The van der Waals surface area contributed by atoms with Crippen LogP contribution in [0.5, 0.6) is 0 Å². The highest BCUT2D eigenvalue weighted by Gasteiger charge is 2.70. The van der Waals surface area contributed by atoms with Crippen LogP contribution in [-0.2, 0) is 33.8 Å². The Bertz CT molecular complexity index is 1050. The topological polar surface area (TPSA) is 64.6 Å². The highest BCUT2D eigenvalue weighted by molar-refractivity contribution is 5.16. The van der Waals surface area contributed by atoms with E-state index >= 15 is 0 Å². The number of hydrogen-bond donors (Lipinski definition) is 0. The summed E-state index contributed by atoms with van der Waals surface area (Å²) in [6.45, 7) is 14.1. The smallest absolute Gasteiger partial charge is 0.136 e. The number of ether oxygens (including phenoxy) is 3. The number of fused-ring (bicyclic) bond motifs is 4. The molecule has 6 aliphatic heterocycles. The van der Waals surface area contributed by atoms with Gasteiger partial charge in [-0.3, -0.25) is 0 Å². The van der Waals surface area contributed by atoms with Gasteiger partial charge in [0.05, 0.1) is 30.5 Å². The van der Waals surface area contributed by atoms with Crippen LogP contribution in [0.4, 0.5) is 0 Å². The van der Waals surface area contributed by atoms with E-state index in [0.29, 0.717) is 47.3 Å². The fourth-order valence-electron chi connectivity index (χ4n) is 12.3. The van der Waals surface area contributed by atoms with Crippen molar-refractivity contribution in [2.75, 3.05) is 7.11 Å². The molecule has 7 nitrogen and oxygen atoms in total. The van der Waals surface area contributed by atoms with Gasteiger partial charge in [-0.05, 0) is 113 Å². The van der Waals surface area contributed by atoms with Gasteiger partial charge in [-0.1, -0.05) is 27.7 Å². The molecule has 0 N–H and O–H groups in total. The Hall–Kier alpha value is -0.280. The first-order chi connectivity index (χ1) is 20.0. The minimum atomic E-state index is -0.330. The first-order valence-corrected chi connectivity index (χ1v) is 17.6. The minimum absolute atomic E-state index is 0.0183. The number of methoxy groups -OCH3 is 1. The second kappa shape index (κ2) is 9.86. The second-order valence-corrected chi connectivity index (χ2v) is 16.9. The Morgan fingerprint density at radius 3 is 1.71 bits per heavy atom. The molecule has 7 heteroatoms. The van der Waals surface area contributed by atoms with Crippen LogP contribution < -0.4 is 0 Å². The van der Waals surface area contributed by atoms with Gasteiger partial charge in [-0.25, -0.2) is 19.6 Å². The van der Waals surface area contributed by atoms with Crippen LogP contribution in [0, 0.1) is 47.3 Å². The lowest BCUT2D eigenvalue weighted by molar-refractivity contribution is -0.491. The molecular formula is C35H56O7. The van der Waals surface area contributed by atoms with E-state index in [1.807, 2.05) is 7.11 Å². The average Bonchev–Trinajstić information content (AvgIpc) is 3.34. The van der Waals surface area contributed by atoms with Crippen LogP contribution in [0.15, 0.2) is 0 Å². The molecule has 2 spiro atoms. The first-order valence-electron chi connectivity index (χ1n) is 17.6. The molecule has 0 radical (unpaired) electrons. The molecule has 42 heavy (non-hydrogen) atoms. The van der Waals surface area contributed by atoms with Crippen LogP contribution in [0.1, 0.15) is 112 Å². The van der Waals surface area contributed by atoms with Crippen LogP contribution in [0.3, 0.4) is 0 Å². The summed E-state index contributed by atoms with van der Waals surface area (Å²) in [5.41, 5.74) is -1.17. The molecular weight excluding hydrogens is 532 g/mol. The average molecular weight is 589 g/mol. The highest BCUT2D eigenvalue weighted by Crippen LogP contribution is 2.64. The fourth-order valence-corrected chi connectivity index (χ4v) is 12.3. The molecule has 238 valence electrons. The maximum atomic E-state index is 7.24. The number of rotatable bonds is 4. The molecule has 4 saturated carbocycles. The molecule has 10 rings (SSSR count). The van der Waals surface area contributed by atoms with Crippen LogP contribution in [0.2, 0.25) is 0 Å². The van der Waals surface area contributed by atoms with E-state index in [9.17, 15) is 0 Å². The van der Waals surface area contributed by atoms with E-state index in [1.54, 1.807) is 0 Å². The maximum Gasteiger partial charge on any atom is 0.136 e. The first kappa shape index (κ1) is 29.1. The van der Waals surface area contributed by atoms with Gasteiger partial charge in [0.1, 0.15) is 22.4 Å². The molecule has 6 heterocycles. The quantitative estimate of drug-likeness (QED) is 0.334. The van der Waals surface area contributed by atoms with Gasteiger partial charge in [-0.15, -0.1) is 0 Å². The summed E-state index contributed by atoms with van der Waals surface area (Å²) < 4.78 is 20.9. The largest absolute Gasteiger partial charge is 0.379 e. The van der Waals surface area contributed by atoms with Crippen molar-refractivity contribution in [3.8, 4) is 0 Å². The minimum Gasteiger partial charge on any atom is -0.379 e. The Morgan fingerprint density at radius 1 is 0.643 bits per heavy atom. The third kappa shape index (κ3) is 3.89. The lowest BCUT2D eigenvalue weighted by Gasteiger charge is -2.63. The summed E-state index contributed by atoms with van der Waals surface area (Å²) in [6.07, 6.45) is 12.2. The van der Waals surface area contributed by atoms with E-state index in [-0.39, 0.29) is 52.9 Å². The SMILES string of the molecule is CO[C@@H](C[C@H]1O[C@@H]2C[C@]3(C)CC[C@H]4[C@H](C)CC[C@@H]([C@H]1C)[C@@]24OO3)[C@H]1O[C@@H]2C[C@]3(C)CC[C@H]4[C@H](C)CC[C@@H]([C@H]1C)[C@@]24OO3. The van der Waals surface area contributed by atoms with E-state index in [1.165, 1.54) is 38.5 Å². The maximum absolute atomic E-state index is 7.24. The molecule has 4 bridgehead atoms. The lowest BCUT2D eigenvalue weighted by atomic mass is 9.55. The van der Waals surface area contributed by atoms with Gasteiger partial charge in [0.2, 0.25) is 0 Å². The predicted molar refractivity (Wildman–Crippen MR) is 156 cm³/mol. The van der Waals surface area contributed by atoms with Crippen molar-refractivity contribution < 1.29 is 33.8 Å². The molecule has 0 aromatic rings. The molecule has 0 unspecified atom stereocenters. The second-order valence-electron chi connectivity index (χ2n) is 16.9. The van der Waals surface area contributed by atoms with Crippen LogP contribution in [-0.4, -0.2) is 60.0 Å². The zero-order valence-electron chi connectivity index (χ0n) is 27.1. The lowest BCUT2D eigenvalue weighted by Crippen LogP contribution is -2.71. The molecule has 10 aliphatic rings. The zero-order chi connectivity index (χ0) is 29.2. The van der Waals surface area contributed by atoms with Crippen molar-refractivity contribution in [1.29, 1.82) is 0 Å². The van der Waals surface area contributed by atoms with Crippen molar-refractivity contribution in [2.45, 2.75) is 165 Å². The van der Waals surface area contributed by atoms with E-state index < -0.39 is 0 Å². The molecule has 10 fully saturated rings. The van der Waals surface area contributed by atoms with Gasteiger partial charge in [0.25, 0.3) is 0 Å². The van der Waals surface area contributed by atoms with Gasteiger partial charge in [-0.2, -0.15) is 0 Å². The van der Waals surface area contributed by atoms with Crippen LogP contribution >= 0.6 is 0 Å². The standard InChI is InChI=1S/C35H56O7/c1-19-8-10-25-21(3)27(37-29-17-32(5)14-12-23(19)34(25,29)41-39-32)16-28(36-7)31-22(4)26-11-9-20(2)24-13-15-33(6)18-30(38-31)35(24,26)42-40-33/h19-31H,8-18H2,1-7H3/t19-,20-,21-,22-,23+,24+,25+,26+,27-,28+,29-,30-,31+,32+,33+,34-,35-/m1/s1. The molecule has 4 aliphatic carbocycles. The van der Waals surface area contributed by atoms with Crippen molar-refractivity contribution >= 4 is 0 Å². The van der Waals surface area contributed by atoms with Gasteiger partial charge >= 0.3 is 0 Å². The van der Waals surface area contributed by atoms with E-state index in [0.717, 1.165) is 32.1 Å². The van der Waals surface area contributed by atoms with Gasteiger partial charge in [0, 0.05) is 26.4 Å². The normalized spacial score (nSPS) is 60.6. The Balaban J connectivity index is 1.08. The zero-order valence-corrected chi connectivity index (χ0v) is 27.1. The Kier molecular flexibility index (Phi) is 6.84. The van der Waals surface area contributed by atoms with E-state index in [4.69, 9.17) is 33.8 Å². The molecule has 17 atom stereocenters. The summed E-state index contributed by atoms with van der Waals surface area (Å²) in [7, 11) is 1.88. The molecule has 0 amide bonds. The van der Waals surface area contributed by atoms with Gasteiger partial charge in [0.15, 0.2) is 0 Å². The van der Waals surface area contributed by atoms with Crippen molar-refractivity contribution in [3.63, 3.8) is 0 Å². The molecule has 0 aromatic heterocycles. The summed E-state index contributed by atoms with van der Waals surface area (Å²) in [5.74, 6) is 3.81. The van der Waals surface area contributed by atoms with Gasteiger partial charge < -0.3 is 14.2 Å². The third-order valence-corrected chi connectivity index (χ3v) is 14.7. The molecule has 0 aromatic carbocycles. The van der Waals surface area contributed by atoms with Crippen molar-refractivity contribution in [1.82, 2.24) is 0 Å². The number of hydrogen-bond acceptors (Lipinski definition) is 7. The Morgan fingerprint density at radius 2 is 1.17 bits per heavy atom. The third-order valence-electron chi connectivity index (χ3n) is 14.7.